The Kier molecular flexibility index (Phi) is 7.03. The van der Waals surface area contributed by atoms with E-state index in [0.717, 1.165) is 29.5 Å². The van der Waals surface area contributed by atoms with Crippen LogP contribution in [0.15, 0.2) is 42.5 Å². The SMILES string of the molecule is CCCC[Si](C)(C)CCCc1cc(C(=O)O)ccc1-c1ccc(O)cc1. The molecule has 4 heteroatoms. The number of aromatic hydroxyl groups is 1. The molecule has 2 aromatic rings. The Morgan fingerprint density at radius 1 is 1.00 bits per heavy atom. The third-order valence-corrected chi connectivity index (χ3v) is 8.45. The lowest BCUT2D eigenvalue weighted by molar-refractivity contribution is 0.0696. The first kappa shape index (κ1) is 20.2. The van der Waals surface area contributed by atoms with Crippen LogP contribution in [0.3, 0.4) is 0 Å². The summed E-state index contributed by atoms with van der Waals surface area (Å²) in [6.45, 7) is 7.15. The van der Waals surface area contributed by atoms with Crippen molar-refractivity contribution in [3.05, 3.63) is 53.6 Å². The largest absolute Gasteiger partial charge is 0.508 e. The minimum atomic E-state index is -1.17. The second-order valence-corrected chi connectivity index (χ2v) is 13.2. The van der Waals surface area contributed by atoms with E-state index in [-0.39, 0.29) is 5.75 Å². The molecule has 0 spiro atoms. The van der Waals surface area contributed by atoms with E-state index in [1.165, 1.54) is 24.9 Å². The molecule has 0 aliphatic heterocycles. The lowest BCUT2D eigenvalue weighted by atomic mass is 9.95. The molecule has 0 radical (unpaired) electrons. The number of hydrogen-bond donors (Lipinski definition) is 2. The number of benzene rings is 2. The van der Waals surface area contributed by atoms with Crippen molar-refractivity contribution in [1.82, 2.24) is 0 Å². The molecule has 0 bridgehead atoms. The Balaban J connectivity index is 2.20. The van der Waals surface area contributed by atoms with Crippen LogP contribution in [0.25, 0.3) is 11.1 Å². The monoisotopic (exact) mass is 370 g/mol. The lowest BCUT2D eigenvalue weighted by Gasteiger charge is -2.22. The maximum Gasteiger partial charge on any atom is 0.335 e. The second-order valence-electron chi connectivity index (χ2n) is 7.85. The minimum absolute atomic E-state index is 0.237. The highest BCUT2D eigenvalue weighted by Crippen LogP contribution is 2.29. The lowest BCUT2D eigenvalue weighted by Crippen LogP contribution is -2.24. The van der Waals surface area contributed by atoms with Gasteiger partial charge in [0, 0.05) is 8.07 Å². The molecule has 0 unspecified atom stereocenters. The third kappa shape index (κ3) is 5.73. The molecule has 0 aromatic heterocycles. The first-order valence-electron chi connectivity index (χ1n) is 9.48. The van der Waals surface area contributed by atoms with Crippen molar-refractivity contribution >= 4 is 14.0 Å². The molecule has 0 amide bonds. The Labute approximate surface area is 157 Å². The summed E-state index contributed by atoms with van der Waals surface area (Å²) >= 11 is 0. The van der Waals surface area contributed by atoms with Crippen molar-refractivity contribution in [3.63, 3.8) is 0 Å². The standard InChI is InChI=1S/C22H30O3Si/c1-4-5-14-26(2,3)15-6-7-18-16-19(22(24)25)10-13-21(18)17-8-11-20(23)12-9-17/h8-13,16,23H,4-7,14-15H2,1-3H3,(H,24,25). The van der Waals surface area contributed by atoms with Gasteiger partial charge in [0.05, 0.1) is 5.56 Å². The van der Waals surface area contributed by atoms with Gasteiger partial charge in [-0.05, 0) is 47.4 Å². The van der Waals surface area contributed by atoms with E-state index in [9.17, 15) is 15.0 Å². The topological polar surface area (TPSA) is 57.5 Å². The van der Waals surface area contributed by atoms with Gasteiger partial charge >= 0.3 is 5.97 Å². The van der Waals surface area contributed by atoms with Crippen LogP contribution < -0.4 is 0 Å². The molecule has 0 saturated heterocycles. The molecule has 3 nitrogen and oxygen atoms in total. The van der Waals surface area contributed by atoms with Gasteiger partial charge in [0.15, 0.2) is 0 Å². The number of rotatable bonds is 9. The van der Waals surface area contributed by atoms with Gasteiger partial charge in [0.2, 0.25) is 0 Å². The van der Waals surface area contributed by atoms with Crippen LogP contribution in [-0.2, 0) is 6.42 Å². The summed E-state index contributed by atoms with van der Waals surface area (Å²) in [6, 6.07) is 15.1. The number of unbranched alkanes of at least 4 members (excludes halogenated alkanes) is 1. The van der Waals surface area contributed by atoms with Gasteiger partial charge in [-0.15, -0.1) is 0 Å². The van der Waals surface area contributed by atoms with Crippen molar-refractivity contribution in [2.24, 2.45) is 0 Å². The van der Waals surface area contributed by atoms with E-state index in [2.05, 4.69) is 20.0 Å². The van der Waals surface area contributed by atoms with Crippen molar-refractivity contribution in [1.29, 1.82) is 0 Å². The quantitative estimate of drug-likeness (QED) is 0.517. The predicted octanol–water partition coefficient (Wildman–Crippen LogP) is 6.20. The van der Waals surface area contributed by atoms with Gasteiger partial charge < -0.3 is 10.2 Å². The molecule has 2 rings (SSSR count). The van der Waals surface area contributed by atoms with E-state index < -0.39 is 14.0 Å². The zero-order valence-corrected chi connectivity index (χ0v) is 17.1. The average Bonchev–Trinajstić information content (AvgIpc) is 2.60. The summed E-state index contributed by atoms with van der Waals surface area (Å²) in [5.74, 6) is -0.651. The highest BCUT2D eigenvalue weighted by molar-refractivity contribution is 6.77. The molecule has 0 saturated carbocycles. The number of phenolic OH excluding ortho intramolecular Hbond substituents is 1. The van der Waals surface area contributed by atoms with Gasteiger partial charge in [0.25, 0.3) is 0 Å². The summed E-state index contributed by atoms with van der Waals surface area (Å²) in [6.07, 6.45) is 4.55. The van der Waals surface area contributed by atoms with Crippen molar-refractivity contribution in [2.75, 3.05) is 0 Å². The van der Waals surface area contributed by atoms with Crippen LogP contribution in [-0.4, -0.2) is 24.3 Å². The summed E-state index contributed by atoms with van der Waals surface area (Å²) in [5.41, 5.74) is 3.49. The Bertz CT molecular complexity index is 736. The Hall–Kier alpha value is -2.07. The fourth-order valence-electron chi connectivity index (χ4n) is 3.39. The second kappa shape index (κ2) is 9.04. The van der Waals surface area contributed by atoms with Gasteiger partial charge in [-0.1, -0.05) is 69.6 Å². The van der Waals surface area contributed by atoms with Crippen LogP contribution in [0.2, 0.25) is 25.2 Å². The summed E-state index contributed by atoms with van der Waals surface area (Å²) < 4.78 is 0. The number of phenols is 1. The van der Waals surface area contributed by atoms with Crippen LogP contribution in [0, 0.1) is 0 Å². The van der Waals surface area contributed by atoms with Gasteiger partial charge in [0.1, 0.15) is 5.75 Å². The zero-order valence-electron chi connectivity index (χ0n) is 16.1. The average molecular weight is 371 g/mol. The number of aryl methyl sites for hydroxylation is 1. The molecule has 0 aliphatic rings. The molecule has 2 N–H and O–H groups in total. The summed E-state index contributed by atoms with van der Waals surface area (Å²) in [4.78, 5) is 11.4. The van der Waals surface area contributed by atoms with E-state index in [4.69, 9.17) is 0 Å². The van der Waals surface area contributed by atoms with E-state index in [1.54, 1.807) is 18.2 Å². The van der Waals surface area contributed by atoms with Crippen LogP contribution >= 0.6 is 0 Å². The fourth-order valence-corrected chi connectivity index (χ4v) is 6.09. The molecule has 26 heavy (non-hydrogen) atoms. The van der Waals surface area contributed by atoms with Gasteiger partial charge in [-0.25, -0.2) is 4.79 Å². The first-order chi connectivity index (χ1) is 12.3. The molecule has 2 aromatic carbocycles. The summed E-state index contributed by atoms with van der Waals surface area (Å²) in [5, 5.41) is 18.9. The normalized spacial score (nSPS) is 11.5. The molecule has 140 valence electrons. The number of carboxylic acids is 1. The van der Waals surface area contributed by atoms with E-state index >= 15 is 0 Å². The fraction of sp³-hybridized carbons (Fsp3) is 0.409. The predicted molar refractivity (Wildman–Crippen MR) is 111 cm³/mol. The minimum Gasteiger partial charge on any atom is -0.508 e. The number of carbonyl (C=O) groups is 1. The van der Waals surface area contributed by atoms with Crippen molar-refractivity contribution in [3.8, 4) is 16.9 Å². The van der Waals surface area contributed by atoms with Crippen molar-refractivity contribution < 1.29 is 15.0 Å². The number of carboxylic acid groups (broad SMARTS) is 1. The van der Waals surface area contributed by atoms with Crippen LogP contribution in [0.4, 0.5) is 0 Å². The highest BCUT2D eigenvalue weighted by atomic mass is 28.3. The molecule has 0 aliphatic carbocycles. The molecule has 0 fully saturated rings. The smallest absolute Gasteiger partial charge is 0.335 e. The van der Waals surface area contributed by atoms with E-state index in [0.29, 0.717) is 5.56 Å². The van der Waals surface area contributed by atoms with Crippen LogP contribution in [0.5, 0.6) is 5.75 Å². The first-order valence-corrected chi connectivity index (χ1v) is 12.9. The molecular formula is C22H30O3Si. The molecular weight excluding hydrogens is 340 g/mol. The zero-order chi connectivity index (χ0) is 19.2. The third-order valence-electron chi connectivity index (χ3n) is 5.04. The Morgan fingerprint density at radius 3 is 2.27 bits per heavy atom. The van der Waals surface area contributed by atoms with E-state index in [1.807, 2.05) is 24.3 Å². The highest BCUT2D eigenvalue weighted by Gasteiger charge is 2.19. The number of hydrogen-bond acceptors (Lipinski definition) is 2. The molecule has 0 atom stereocenters. The molecule has 0 heterocycles. The summed E-state index contributed by atoms with van der Waals surface area (Å²) in [7, 11) is -1.17. The van der Waals surface area contributed by atoms with Gasteiger partial charge in [-0.3, -0.25) is 0 Å². The van der Waals surface area contributed by atoms with Crippen molar-refractivity contribution in [2.45, 2.75) is 57.8 Å². The van der Waals surface area contributed by atoms with Crippen LogP contribution in [0.1, 0.15) is 42.1 Å². The Morgan fingerprint density at radius 2 is 1.65 bits per heavy atom. The number of aromatic carboxylic acids is 1. The maximum atomic E-state index is 11.4. The maximum absolute atomic E-state index is 11.4. The van der Waals surface area contributed by atoms with Gasteiger partial charge in [-0.2, -0.15) is 0 Å².